The number of hydrogen-bond acceptors (Lipinski definition) is 4. The number of benzene rings is 1. The Bertz CT molecular complexity index is 656. The maximum Gasteiger partial charge on any atom is 0.226 e. The Morgan fingerprint density at radius 1 is 1.29 bits per heavy atom. The topological polar surface area (TPSA) is 41.1 Å². The van der Waals surface area contributed by atoms with Crippen molar-refractivity contribution in [1.29, 1.82) is 0 Å². The van der Waals surface area contributed by atoms with Crippen LogP contribution in [0.4, 0.5) is 11.8 Å². The van der Waals surface area contributed by atoms with Crippen molar-refractivity contribution in [3.8, 4) is 0 Å². The number of nitrogens with one attached hydrogen (secondary N) is 1. The van der Waals surface area contributed by atoms with Crippen LogP contribution in [0.2, 0.25) is 5.02 Å². The van der Waals surface area contributed by atoms with E-state index >= 15 is 0 Å². The van der Waals surface area contributed by atoms with Gasteiger partial charge in [0.15, 0.2) is 0 Å². The Morgan fingerprint density at radius 2 is 2.10 bits per heavy atom. The summed E-state index contributed by atoms with van der Waals surface area (Å²) in [7, 11) is 3.87. The summed E-state index contributed by atoms with van der Waals surface area (Å²) in [5.41, 5.74) is 2.53. The zero-order valence-electron chi connectivity index (χ0n) is 12.5. The molecule has 1 heterocycles. The van der Waals surface area contributed by atoms with E-state index in [2.05, 4.69) is 28.3 Å². The van der Waals surface area contributed by atoms with Crippen molar-refractivity contribution in [2.75, 3.05) is 24.3 Å². The van der Waals surface area contributed by atoms with Gasteiger partial charge in [0.1, 0.15) is 5.82 Å². The Balaban J connectivity index is 1.89. The molecule has 0 aliphatic heterocycles. The second kappa shape index (κ2) is 5.53. The van der Waals surface area contributed by atoms with Crippen LogP contribution in [0.1, 0.15) is 24.1 Å². The summed E-state index contributed by atoms with van der Waals surface area (Å²) in [6.45, 7) is 2.24. The predicted octanol–water partition coefficient (Wildman–Crippen LogP) is 3.54. The summed E-state index contributed by atoms with van der Waals surface area (Å²) in [5, 5.41) is 4.39. The van der Waals surface area contributed by atoms with Crippen molar-refractivity contribution < 1.29 is 0 Å². The van der Waals surface area contributed by atoms with Crippen LogP contribution in [-0.2, 0) is 6.42 Å². The van der Waals surface area contributed by atoms with Crippen LogP contribution in [0.3, 0.4) is 0 Å². The van der Waals surface area contributed by atoms with E-state index in [1.165, 1.54) is 11.1 Å². The number of anilines is 2. The summed E-state index contributed by atoms with van der Waals surface area (Å²) in [5.74, 6) is 2.04. The number of fused-ring (bicyclic) bond motifs is 1. The van der Waals surface area contributed by atoms with E-state index in [1.54, 1.807) is 6.20 Å². The standard InChI is InChI=1S/C16H19ClN4/c1-10-9-12-11(5-4-6-13(12)17)15(10)19-14-7-8-18-16(20-14)21(2)3/h4-8,10,15H,9H2,1-3H3,(H,18,19,20). The maximum atomic E-state index is 6.31. The van der Waals surface area contributed by atoms with E-state index < -0.39 is 0 Å². The fraction of sp³-hybridized carbons (Fsp3) is 0.375. The lowest BCUT2D eigenvalue weighted by atomic mass is 10.0. The number of aromatic nitrogens is 2. The van der Waals surface area contributed by atoms with Crippen LogP contribution in [-0.4, -0.2) is 24.1 Å². The molecule has 0 radical (unpaired) electrons. The largest absolute Gasteiger partial charge is 0.363 e. The van der Waals surface area contributed by atoms with Gasteiger partial charge in [-0.2, -0.15) is 4.98 Å². The molecule has 2 atom stereocenters. The second-order valence-corrected chi connectivity index (χ2v) is 6.15. The lowest BCUT2D eigenvalue weighted by Gasteiger charge is -2.20. The molecule has 1 aromatic heterocycles. The summed E-state index contributed by atoms with van der Waals surface area (Å²) < 4.78 is 0. The molecule has 1 aliphatic carbocycles. The molecule has 0 saturated carbocycles. The van der Waals surface area contributed by atoms with Gasteiger partial charge < -0.3 is 10.2 Å². The minimum absolute atomic E-state index is 0.239. The fourth-order valence-corrected chi connectivity index (χ4v) is 3.11. The molecule has 4 nitrogen and oxygen atoms in total. The lowest BCUT2D eigenvalue weighted by molar-refractivity contribution is 0.540. The van der Waals surface area contributed by atoms with Gasteiger partial charge in [0, 0.05) is 25.3 Å². The van der Waals surface area contributed by atoms with E-state index in [0.29, 0.717) is 11.9 Å². The molecule has 1 aliphatic rings. The molecule has 2 aromatic rings. The first-order chi connectivity index (χ1) is 10.1. The molecule has 0 saturated heterocycles. The molecule has 0 fully saturated rings. The van der Waals surface area contributed by atoms with Gasteiger partial charge in [-0.25, -0.2) is 4.98 Å². The average Bonchev–Trinajstić information content (AvgIpc) is 2.78. The second-order valence-electron chi connectivity index (χ2n) is 5.75. The molecule has 2 unspecified atom stereocenters. The van der Waals surface area contributed by atoms with Crippen LogP contribution in [0.25, 0.3) is 0 Å². The highest BCUT2D eigenvalue weighted by Crippen LogP contribution is 2.40. The van der Waals surface area contributed by atoms with Gasteiger partial charge >= 0.3 is 0 Å². The van der Waals surface area contributed by atoms with Crippen LogP contribution < -0.4 is 10.2 Å². The molecule has 1 N–H and O–H groups in total. The van der Waals surface area contributed by atoms with Crippen LogP contribution in [0.15, 0.2) is 30.5 Å². The molecular formula is C16H19ClN4. The van der Waals surface area contributed by atoms with Crippen LogP contribution in [0.5, 0.6) is 0 Å². The lowest BCUT2D eigenvalue weighted by Crippen LogP contribution is -2.17. The molecule has 1 aromatic carbocycles. The Labute approximate surface area is 130 Å². The quantitative estimate of drug-likeness (QED) is 0.941. The van der Waals surface area contributed by atoms with Crippen LogP contribution in [0, 0.1) is 5.92 Å². The first-order valence-electron chi connectivity index (χ1n) is 7.10. The van der Waals surface area contributed by atoms with Crippen LogP contribution >= 0.6 is 11.6 Å². The third-order valence-corrected chi connectivity index (χ3v) is 4.29. The Kier molecular flexibility index (Phi) is 3.72. The smallest absolute Gasteiger partial charge is 0.226 e. The first kappa shape index (κ1) is 14.1. The Morgan fingerprint density at radius 3 is 2.86 bits per heavy atom. The summed E-state index contributed by atoms with van der Waals surface area (Å²) in [6.07, 6.45) is 2.78. The summed E-state index contributed by atoms with van der Waals surface area (Å²) in [6, 6.07) is 8.27. The number of rotatable bonds is 3. The van der Waals surface area contributed by atoms with Gasteiger partial charge in [0.05, 0.1) is 6.04 Å². The van der Waals surface area contributed by atoms with Gasteiger partial charge in [-0.3, -0.25) is 0 Å². The van der Waals surface area contributed by atoms with Crippen molar-refractivity contribution in [1.82, 2.24) is 9.97 Å². The first-order valence-corrected chi connectivity index (χ1v) is 7.48. The highest BCUT2D eigenvalue weighted by atomic mass is 35.5. The van der Waals surface area contributed by atoms with Gasteiger partial charge in [0.25, 0.3) is 0 Å². The van der Waals surface area contributed by atoms with E-state index in [0.717, 1.165) is 17.3 Å². The highest BCUT2D eigenvalue weighted by molar-refractivity contribution is 6.31. The maximum absolute atomic E-state index is 6.31. The van der Waals surface area contributed by atoms with Gasteiger partial charge in [-0.15, -0.1) is 0 Å². The molecule has 110 valence electrons. The van der Waals surface area contributed by atoms with E-state index in [-0.39, 0.29) is 6.04 Å². The van der Waals surface area contributed by atoms with Gasteiger partial charge in [-0.1, -0.05) is 30.7 Å². The van der Waals surface area contributed by atoms with Gasteiger partial charge in [0.2, 0.25) is 5.95 Å². The normalized spacial score (nSPS) is 20.2. The highest BCUT2D eigenvalue weighted by Gasteiger charge is 2.30. The van der Waals surface area contributed by atoms with Crippen molar-refractivity contribution in [3.63, 3.8) is 0 Å². The van der Waals surface area contributed by atoms with Crippen molar-refractivity contribution in [2.45, 2.75) is 19.4 Å². The monoisotopic (exact) mass is 302 g/mol. The van der Waals surface area contributed by atoms with E-state index in [1.807, 2.05) is 37.2 Å². The van der Waals surface area contributed by atoms with Crippen molar-refractivity contribution in [2.24, 2.45) is 5.92 Å². The third kappa shape index (κ3) is 2.68. The number of halogens is 1. The third-order valence-electron chi connectivity index (χ3n) is 3.93. The average molecular weight is 303 g/mol. The summed E-state index contributed by atoms with van der Waals surface area (Å²) >= 11 is 6.31. The minimum Gasteiger partial charge on any atom is -0.363 e. The molecule has 0 bridgehead atoms. The fourth-order valence-electron chi connectivity index (χ4n) is 2.85. The molecule has 3 rings (SSSR count). The van der Waals surface area contributed by atoms with E-state index in [9.17, 15) is 0 Å². The molecular weight excluding hydrogens is 284 g/mol. The molecule has 0 spiro atoms. The summed E-state index contributed by atoms with van der Waals surface area (Å²) in [4.78, 5) is 10.7. The molecule has 5 heteroatoms. The minimum atomic E-state index is 0.239. The van der Waals surface area contributed by atoms with E-state index in [4.69, 9.17) is 11.6 Å². The van der Waals surface area contributed by atoms with Gasteiger partial charge in [-0.05, 0) is 35.6 Å². The zero-order chi connectivity index (χ0) is 15.0. The number of hydrogen-bond donors (Lipinski definition) is 1. The zero-order valence-corrected chi connectivity index (χ0v) is 13.2. The SMILES string of the molecule is CC1Cc2c(Cl)cccc2C1Nc1ccnc(N(C)C)n1. The van der Waals surface area contributed by atoms with Crippen molar-refractivity contribution >= 4 is 23.4 Å². The Hall–Kier alpha value is -1.81. The number of nitrogens with zero attached hydrogens (tertiary/aromatic N) is 3. The predicted molar refractivity (Wildman–Crippen MR) is 87.0 cm³/mol. The molecule has 21 heavy (non-hydrogen) atoms. The molecule has 0 amide bonds. The van der Waals surface area contributed by atoms with Crippen molar-refractivity contribution in [3.05, 3.63) is 46.6 Å².